The van der Waals surface area contributed by atoms with Crippen LogP contribution in [0, 0.1) is 0 Å². The first-order valence-electron chi connectivity index (χ1n) is 14.5. The summed E-state index contributed by atoms with van der Waals surface area (Å²) in [5, 5.41) is 7.31. The van der Waals surface area contributed by atoms with Crippen LogP contribution in [0.1, 0.15) is 0 Å². The Hall–Kier alpha value is -5.38. The fraction of sp³-hybridized carbons (Fsp3) is 0. The Bertz CT molecular complexity index is 2600. The minimum atomic E-state index is 0.916. The highest BCUT2D eigenvalue weighted by Crippen LogP contribution is 2.49. The Morgan fingerprint density at radius 3 is 2.02 bits per heavy atom. The van der Waals surface area contributed by atoms with Crippen LogP contribution in [0.2, 0.25) is 0 Å². The van der Waals surface area contributed by atoms with Gasteiger partial charge < -0.3 is 9.15 Å². The minimum absolute atomic E-state index is 0.916. The van der Waals surface area contributed by atoms with Crippen LogP contribution in [-0.4, -0.2) is 0 Å². The lowest BCUT2D eigenvalue weighted by Gasteiger charge is -2.22. The average molecular weight is 567 g/mol. The molecule has 0 saturated carbocycles. The predicted molar refractivity (Wildman–Crippen MR) is 180 cm³/mol. The van der Waals surface area contributed by atoms with Gasteiger partial charge in [-0.25, -0.2) is 0 Å². The van der Waals surface area contributed by atoms with Crippen molar-refractivity contribution >= 4 is 64.2 Å². The molecule has 0 radical (unpaired) electrons. The number of furan rings is 1. The van der Waals surface area contributed by atoms with Crippen molar-refractivity contribution < 1.29 is 9.15 Å². The van der Waals surface area contributed by atoms with E-state index in [2.05, 4.69) is 109 Å². The zero-order valence-corrected chi connectivity index (χ0v) is 23.7. The molecule has 0 aliphatic carbocycles. The van der Waals surface area contributed by atoms with Crippen molar-refractivity contribution in [2.75, 3.05) is 0 Å². The quantitative estimate of drug-likeness (QED) is 0.208. The molecule has 0 bridgehead atoms. The van der Waals surface area contributed by atoms with Gasteiger partial charge in [-0.3, -0.25) is 0 Å². The highest BCUT2D eigenvalue weighted by Gasteiger charge is 2.21. The number of rotatable bonds is 2. The van der Waals surface area contributed by atoms with Crippen LogP contribution in [0.4, 0.5) is 0 Å². The third-order valence-electron chi connectivity index (χ3n) is 8.89. The van der Waals surface area contributed by atoms with Gasteiger partial charge in [0.1, 0.15) is 22.7 Å². The molecule has 1 aliphatic rings. The minimum Gasteiger partial charge on any atom is -0.456 e. The number of ether oxygens (including phenoxy) is 1. The zero-order valence-electron chi connectivity index (χ0n) is 22.9. The molecule has 0 saturated heterocycles. The molecule has 1 aliphatic heterocycles. The van der Waals surface area contributed by atoms with Crippen molar-refractivity contribution in [1.82, 2.24) is 0 Å². The highest BCUT2D eigenvalue weighted by atomic mass is 32.1. The van der Waals surface area contributed by atoms with Gasteiger partial charge in [-0.15, -0.1) is 11.3 Å². The second-order valence-electron chi connectivity index (χ2n) is 11.3. The smallest absolute Gasteiger partial charge is 0.135 e. The van der Waals surface area contributed by atoms with Gasteiger partial charge in [0.15, 0.2) is 0 Å². The van der Waals surface area contributed by atoms with Crippen molar-refractivity contribution in [2.24, 2.45) is 0 Å². The van der Waals surface area contributed by atoms with Crippen molar-refractivity contribution in [2.45, 2.75) is 0 Å². The zero-order chi connectivity index (χ0) is 28.1. The normalized spacial score (nSPS) is 12.4. The molecule has 0 unspecified atom stereocenters. The molecule has 10 rings (SSSR count). The standard InChI is InChI=1S/C40H22O2S/c1-3-10-34-27(6-1)32-9-5-8-31-26(17-19-37(42-34)40(31)32)25-13-16-30-29-15-12-24(21-38(29)43-39(30)22-25)23-14-18-36-33(20-23)28-7-2-4-11-35(28)41-36/h1-22H. The Morgan fingerprint density at radius 2 is 1.09 bits per heavy atom. The Morgan fingerprint density at radius 1 is 0.395 bits per heavy atom. The summed E-state index contributed by atoms with van der Waals surface area (Å²) in [6.45, 7) is 0. The summed E-state index contributed by atoms with van der Waals surface area (Å²) in [6.07, 6.45) is 0. The molecule has 0 N–H and O–H groups in total. The number of hydrogen-bond donors (Lipinski definition) is 0. The molecule has 3 heterocycles. The van der Waals surface area contributed by atoms with E-state index >= 15 is 0 Å². The number of fused-ring (bicyclic) bond motifs is 8. The molecule has 0 spiro atoms. The van der Waals surface area contributed by atoms with Crippen molar-refractivity contribution in [3.8, 4) is 44.9 Å². The Labute approximate surface area is 251 Å². The first-order chi connectivity index (χ1) is 21.3. The molecule has 3 heteroatoms. The maximum Gasteiger partial charge on any atom is 0.135 e. The molecule has 7 aromatic carbocycles. The first-order valence-corrected chi connectivity index (χ1v) is 15.3. The molecule has 9 aromatic rings. The van der Waals surface area contributed by atoms with Gasteiger partial charge in [-0.2, -0.15) is 0 Å². The summed E-state index contributed by atoms with van der Waals surface area (Å²) < 4.78 is 15.0. The van der Waals surface area contributed by atoms with E-state index in [-0.39, 0.29) is 0 Å². The summed E-state index contributed by atoms with van der Waals surface area (Å²) in [4.78, 5) is 0. The van der Waals surface area contributed by atoms with E-state index in [1.54, 1.807) is 0 Å². The molecule has 0 fully saturated rings. The van der Waals surface area contributed by atoms with Gasteiger partial charge in [-0.05, 0) is 75.7 Å². The van der Waals surface area contributed by atoms with Crippen LogP contribution in [0.5, 0.6) is 11.5 Å². The van der Waals surface area contributed by atoms with Gasteiger partial charge in [-0.1, -0.05) is 91.0 Å². The molecule has 200 valence electrons. The third kappa shape index (κ3) is 3.34. The maximum atomic E-state index is 6.34. The Kier molecular flexibility index (Phi) is 4.63. The molecule has 43 heavy (non-hydrogen) atoms. The van der Waals surface area contributed by atoms with Gasteiger partial charge >= 0.3 is 0 Å². The van der Waals surface area contributed by atoms with Crippen LogP contribution in [-0.2, 0) is 0 Å². The first kappa shape index (κ1) is 23.2. The molecular formula is C40H22O2S. The van der Waals surface area contributed by atoms with Crippen LogP contribution < -0.4 is 4.74 Å². The van der Waals surface area contributed by atoms with E-state index < -0.39 is 0 Å². The van der Waals surface area contributed by atoms with Crippen molar-refractivity contribution in [3.63, 3.8) is 0 Å². The monoisotopic (exact) mass is 566 g/mol. The van der Waals surface area contributed by atoms with Crippen molar-refractivity contribution in [3.05, 3.63) is 133 Å². The lowest BCUT2D eigenvalue weighted by Crippen LogP contribution is -1.97. The van der Waals surface area contributed by atoms with E-state index in [1.807, 2.05) is 35.6 Å². The van der Waals surface area contributed by atoms with Gasteiger partial charge in [0, 0.05) is 41.9 Å². The number of thiophene rings is 1. The molecule has 0 amide bonds. The summed E-state index contributed by atoms with van der Waals surface area (Å²) in [5.41, 5.74) is 9.10. The van der Waals surface area contributed by atoms with Gasteiger partial charge in [0.25, 0.3) is 0 Å². The SMILES string of the molecule is c1ccc2c(c1)Oc1ccc(-c3ccc4c(c3)sc3cc(-c5ccc6oc7ccccc7c6c5)ccc34)c3cccc-2c13. The summed E-state index contributed by atoms with van der Waals surface area (Å²) in [5.74, 6) is 1.84. The topological polar surface area (TPSA) is 22.4 Å². The highest BCUT2D eigenvalue weighted by molar-refractivity contribution is 7.25. The van der Waals surface area contributed by atoms with E-state index in [9.17, 15) is 0 Å². The Balaban J connectivity index is 1.10. The summed E-state index contributed by atoms with van der Waals surface area (Å²) >= 11 is 1.86. The molecular weight excluding hydrogens is 545 g/mol. The van der Waals surface area contributed by atoms with Gasteiger partial charge in [0.05, 0.1) is 0 Å². The number of benzene rings is 7. The second kappa shape index (κ2) is 8.57. The molecule has 0 atom stereocenters. The van der Waals surface area contributed by atoms with E-state index in [4.69, 9.17) is 9.15 Å². The van der Waals surface area contributed by atoms with E-state index in [0.717, 1.165) is 39.0 Å². The maximum absolute atomic E-state index is 6.34. The van der Waals surface area contributed by atoms with E-state index in [1.165, 1.54) is 58.8 Å². The van der Waals surface area contributed by atoms with Crippen LogP contribution in [0.15, 0.2) is 138 Å². The molecule has 2 nitrogen and oxygen atoms in total. The lowest BCUT2D eigenvalue weighted by molar-refractivity contribution is 0.487. The largest absolute Gasteiger partial charge is 0.456 e. The van der Waals surface area contributed by atoms with Crippen molar-refractivity contribution in [1.29, 1.82) is 0 Å². The predicted octanol–water partition coefficient (Wildman–Crippen LogP) is 12.2. The van der Waals surface area contributed by atoms with Crippen LogP contribution in [0.3, 0.4) is 0 Å². The molecule has 2 aromatic heterocycles. The lowest BCUT2D eigenvalue weighted by atomic mass is 9.90. The summed E-state index contributed by atoms with van der Waals surface area (Å²) in [6, 6.07) is 47.7. The van der Waals surface area contributed by atoms with Crippen LogP contribution in [0.25, 0.3) is 86.3 Å². The third-order valence-corrected chi connectivity index (χ3v) is 10.0. The number of para-hydroxylation sites is 2. The van der Waals surface area contributed by atoms with E-state index in [0.29, 0.717) is 0 Å². The number of hydrogen-bond acceptors (Lipinski definition) is 3. The second-order valence-corrected chi connectivity index (χ2v) is 12.4. The van der Waals surface area contributed by atoms with Gasteiger partial charge in [0.2, 0.25) is 0 Å². The summed E-state index contributed by atoms with van der Waals surface area (Å²) in [7, 11) is 0. The fourth-order valence-electron chi connectivity index (χ4n) is 6.86. The fourth-order valence-corrected chi connectivity index (χ4v) is 8.05. The van der Waals surface area contributed by atoms with Crippen LogP contribution >= 0.6 is 11.3 Å². The average Bonchev–Trinajstić information content (AvgIpc) is 3.62.